The van der Waals surface area contributed by atoms with Crippen LogP contribution in [0.1, 0.15) is 20.9 Å². The quantitative estimate of drug-likeness (QED) is 0.546. The summed E-state index contributed by atoms with van der Waals surface area (Å²) in [7, 11) is 0. The predicted molar refractivity (Wildman–Crippen MR) is 99.8 cm³/mol. The lowest BCUT2D eigenvalue weighted by Gasteiger charge is -2.33. The van der Waals surface area contributed by atoms with E-state index >= 15 is 0 Å². The van der Waals surface area contributed by atoms with E-state index in [0.717, 1.165) is 6.07 Å². The van der Waals surface area contributed by atoms with Crippen LogP contribution in [-0.4, -0.2) is 65.2 Å². The molecule has 2 N–H and O–H groups in total. The van der Waals surface area contributed by atoms with Crippen LogP contribution in [0.4, 0.5) is 5.69 Å². The Morgan fingerprint density at radius 2 is 1.83 bits per heavy atom. The Balaban J connectivity index is 1.42. The lowest BCUT2D eigenvalue weighted by Crippen LogP contribution is -2.52. The highest BCUT2D eigenvalue weighted by Gasteiger charge is 2.24. The van der Waals surface area contributed by atoms with Gasteiger partial charge >= 0.3 is 0 Å². The Kier molecular flexibility index (Phi) is 6.19. The van der Waals surface area contributed by atoms with Crippen LogP contribution >= 0.6 is 0 Å². The van der Waals surface area contributed by atoms with Crippen LogP contribution in [0.3, 0.4) is 0 Å². The summed E-state index contributed by atoms with van der Waals surface area (Å²) >= 11 is 0. The molecular weight excluding hydrogens is 382 g/mol. The number of carbonyl (C=O) groups excluding carboxylic acids is 3. The third kappa shape index (κ3) is 5.17. The zero-order valence-corrected chi connectivity index (χ0v) is 15.4. The van der Waals surface area contributed by atoms with Crippen molar-refractivity contribution in [3.05, 3.63) is 64.1 Å². The van der Waals surface area contributed by atoms with Crippen LogP contribution in [0.2, 0.25) is 0 Å². The van der Waals surface area contributed by atoms with E-state index in [4.69, 9.17) is 4.42 Å². The number of piperazine rings is 1. The Bertz CT molecular complexity index is 905. The summed E-state index contributed by atoms with van der Waals surface area (Å²) in [6.07, 6.45) is 1.44. The maximum atomic E-state index is 12.2. The van der Waals surface area contributed by atoms with Gasteiger partial charge in [-0.15, -0.1) is 0 Å². The number of nitrogens with zero attached hydrogens (tertiary/aromatic N) is 3. The summed E-state index contributed by atoms with van der Waals surface area (Å²) < 4.78 is 5.10. The van der Waals surface area contributed by atoms with Crippen molar-refractivity contribution in [2.45, 2.75) is 0 Å². The van der Waals surface area contributed by atoms with E-state index in [2.05, 4.69) is 10.9 Å². The van der Waals surface area contributed by atoms with Gasteiger partial charge in [0.2, 0.25) is 0 Å². The van der Waals surface area contributed by atoms with Crippen LogP contribution in [0.25, 0.3) is 0 Å². The van der Waals surface area contributed by atoms with Crippen molar-refractivity contribution < 1.29 is 23.7 Å². The number of nitrogens with one attached hydrogen (secondary N) is 2. The van der Waals surface area contributed by atoms with Gasteiger partial charge in [0.25, 0.3) is 23.4 Å². The summed E-state index contributed by atoms with van der Waals surface area (Å²) in [5.41, 5.74) is 4.37. The van der Waals surface area contributed by atoms with E-state index in [-0.39, 0.29) is 29.5 Å². The van der Waals surface area contributed by atoms with Gasteiger partial charge in [0.1, 0.15) is 0 Å². The Hall–Kier alpha value is -3.73. The van der Waals surface area contributed by atoms with Crippen molar-refractivity contribution in [3.63, 3.8) is 0 Å². The highest BCUT2D eigenvalue weighted by molar-refractivity contribution is 5.96. The van der Waals surface area contributed by atoms with Gasteiger partial charge in [-0.05, 0) is 18.2 Å². The fourth-order valence-corrected chi connectivity index (χ4v) is 2.87. The SMILES string of the molecule is O=C(CN1CCN(C(=O)c2ccco2)CC1)NNC(=O)c1cccc([N+](=O)[O-])c1. The van der Waals surface area contributed by atoms with Gasteiger partial charge in [0.05, 0.1) is 17.7 Å². The molecule has 11 nitrogen and oxygen atoms in total. The molecule has 0 atom stereocenters. The largest absolute Gasteiger partial charge is 0.459 e. The van der Waals surface area contributed by atoms with E-state index in [1.807, 2.05) is 4.90 Å². The molecule has 0 saturated carbocycles. The molecule has 1 aromatic heterocycles. The van der Waals surface area contributed by atoms with E-state index in [9.17, 15) is 24.5 Å². The number of nitro groups is 1. The molecule has 29 heavy (non-hydrogen) atoms. The molecule has 2 heterocycles. The maximum Gasteiger partial charge on any atom is 0.289 e. The summed E-state index contributed by atoms with van der Waals surface area (Å²) in [6.45, 7) is 1.94. The lowest BCUT2D eigenvalue weighted by molar-refractivity contribution is -0.384. The van der Waals surface area contributed by atoms with E-state index < -0.39 is 16.7 Å². The minimum atomic E-state index is -0.657. The number of carbonyl (C=O) groups is 3. The molecule has 1 aliphatic heterocycles. The molecule has 3 rings (SSSR count). The third-order valence-corrected chi connectivity index (χ3v) is 4.39. The number of hydrazine groups is 1. The summed E-state index contributed by atoms with van der Waals surface area (Å²) in [4.78, 5) is 50.0. The second-order valence-electron chi connectivity index (χ2n) is 6.36. The first-order valence-electron chi connectivity index (χ1n) is 8.83. The number of hydrogen-bond donors (Lipinski definition) is 2. The number of rotatable bonds is 5. The zero-order chi connectivity index (χ0) is 20.8. The van der Waals surface area contributed by atoms with Crippen LogP contribution in [0.5, 0.6) is 0 Å². The van der Waals surface area contributed by atoms with Crippen LogP contribution in [-0.2, 0) is 4.79 Å². The first-order chi connectivity index (χ1) is 13.9. The number of benzene rings is 1. The molecular formula is C18H19N5O6. The molecule has 1 fully saturated rings. The highest BCUT2D eigenvalue weighted by atomic mass is 16.6. The van der Waals surface area contributed by atoms with Gasteiger partial charge in [0, 0.05) is 43.9 Å². The predicted octanol–water partition coefficient (Wildman–Crippen LogP) is 0.407. The molecule has 2 aromatic rings. The van der Waals surface area contributed by atoms with Crippen LogP contribution < -0.4 is 10.9 Å². The molecule has 0 unspecified atom stereocenters. The summed E-state index contributed by atoms with van der Waals surface area (Å²) in [5.74, 6) is -1.01. The van der Waals surface area contributed by atoms with Crippen molar-refractivity contribution in [3.8, 4) is 0 Å². The molecule has 152 valence electrons. The number of furan rings is 1. The molecule has 0 radical (unpaired) electrons. The van der Waals surface area contributed by atoms with Crippen LogP contribution in [0.15, 0.2) is 47.1 Å². The maximum absolute atomic E-state index is 12.2. The highest BCUT2D eigenvalue weighted by Crippen LogP contribution is 2.13. The molecule has 1 saturated heterocycles. The second kappa shape index (κ2) is 8.97. The fraction of sp³-hybridized carbons (Fsp3) is 0.278. The lowest BCUT2D eigenvalue weighted by atomic mass is 10.2. The van der Waals surface area contributed by atoms with Gasteiger partial charge in [-0.3, -0.25) is 40.2 Å². The Labute approximate surface area is 165 Å². The molecule has 3 amide bonds. The molecule has 11 heteroatoms. The Morgan fingerprint density at radius 1 is 1.07 bits per heavy atom. The normalized spacial score (nSPS) is 14.3. The van der Waals surface area contributed by atoms with E-state index in [0.29, 0.717) is 26.2 Å². The van der Waals surface area contributed by atoms with Crippen molar-refractivity contribution in [2.24, 2.45) is 0 Å². The number of hydrogen-bond acceptors (Lipinski definition) is 7. The minimum absolute atomic E-state index is 0.0397. The first-order valence-corrected chi connectivity index (χ1v) is 8.83. The standard InChI is InChI=1S/C18H19N5O6/c24-16(19-20-17(25)13-3-1-4-14(11-13)23(27)28)12-21-6-8-22(9-7-21)18(26)15-5-2-10-29-15/h1-5,10-11H,6-9,12H2,(H,19,24)(H,20,25). The van der Waals surface area contributed by atoms with Gasteiger partial charge in [-0.2, -0.15) is 0 Å². The molecule has 0 spiro atoms. The third-order valence-electron chi connectivity index (χ3n) is 4.39. The van der Waals surface area contributed by atoms with Crippen LogP contribution in [0, 0.1) is 10.1 Å². The van der Waals surface area contributed by atoms with E-state index in [1.54, 1.807) is 17.0 Å². The topological polar surface area (TPSA) is 138 Å². The molecule has 1 aromatic carbocycles. The summed E-state index contributed by atoms with van der Waals surface area (Å²) in [6, 6.07) is 8.44. The monoisotopic (exact) mass is 401 g/mol. The zero-order valence-electron chi connectivity index (χ0n) is 15.4. The molecule has 0 bridgehead atoms. The van der Waals surface area contributed by atoms with Crippen molar-refractivity contribution in [1.82, 2.24) is 20.7 Å². The first kappa shape index (κ1) is 20.0. The van der Waals surface area contributed by atoms with Gasteiger partial charge in [-0.25, -0.2) is 0 Å². The number of nitro benzene ring substituents is 1. The smallest absolute Gasteiger partial charge is 0.289 e. The molecule has 1 aliphatic rings. The molecule has 0 aliphatic carbocycles. The van der Waals surface area contributed by atoms with Crippen molar-refractivity contribution in [1.29, 1.82) is 0 Å². The Morgan fingerprint density at radius 3 is 2.48 bits per heavy atom. The average molecular weight is 401 g/mol. The minimum Gasteiger partial charge on any atom is -0.459 e. The number of non-ortho nitro benzene ring substituents is 1. The number of amides is 3. The second-order valence-corrected chi connectivity index (χ2v) is 6.36. The fourth-order valence-electron chi connectivity index (χ4n) is 2.87. The van der Waals surface area contributed by atoms with Gasteiger partial charge in [0.15, 0.2) is 5.76 Å². The van der Waals surface area contributed by atoms with Gasteiger partial charge < -0.3 is 9.32 Å². The van der Waals surface area contributed by atoms with E-state index in [1.165, 1.54) is 24.5 Å². The van der Waals surface area contributed by atoms with Crippen molar-refractivity contribution in [2.75, 3.05) is 32.7 Å². The van der Waals surface area contributed by atoms with Crippen molar-refractivity contribution >= 4 is 23.4 Å². The van der Waals surface area contributed by atoms with Gasteiger partial charge in [-0.1, -0.05) is 6.07 Å². The summed E-state index contributed by atoms with van der Waals surface area (Å²) in [5, 5.41) is 10.8. The average Bonchev–Trinajstić information content (AvgIpc) is 3.27.